The van der Waals surface area contributed by atoms with Crippen molar-refractivity contribution in [3.63, 3.8) is 0 Å². The van der Waals surface area contributed by atoms with Gasteiger partial charge in [0.1, 0.15) is 0 Å². The topological polar surface area (TPSA) is 67.4 Å². The molecule has 1 unspecified atom stereocenters. The molecule has 0 aliphatic heterocycles. The van der Waals surface area contributed by atoms with Crippen molar-refractivity contribution in [2.75, 3.05) is 0 Å². The van der Waals surface area contributed by atoms with Crippen LogP contribution in [0.3, 0.4) is 0 Å². The Morgan fingerprint density at radius 1 is 1.17 bits per heavy atom. The summed E-state index contributed by atoms with van der Waals surface area (Å²) in [6.07, 6.45) is 0. The second kappa shape index (κ2) is 5.60. The van der Waals surface area contributed by atoms with Gasteiger partial charge < -0.3 is 4.55 Å². The molecule has 0 aliphatic carbocycles. The molecule has 6 heteroatoms. The maximum absolute atomic E-state index is 10.6. The van der Waals surface area contributed by atoms with E-state index in [0.717, 1.165) is 4.52 Å². The maximum atomic E-state index is 10.6. The zero-order valence-corrected chi connectivity index (χ0v) is 8.64. The molecule has 0 aromatic rings. The normalized spacial score (nSPS) is 14.7. The molecule has 0 aromatic carbocycles. The van der Waals surface area contributed by atoms with Crippen molar-refractivity contribution >= 4 is 11.3 Å². The van der Waals surface area contributed by atoms with Gasteiger partial charge in [0, 0.05) is 12.1 Å². The van der Waals surface area contributed by atoms with Crippen LogP contribution in [0.15, 0.2) is 0 Å². The Labute approximate surface area is 75.9 Å². The van der Waals surface area contributed by atoms with Gasteiger partial charge in [-0.25, -0.2) is 10.9 Å². The van der Waals surface area contributed by atoms with E-state index in [4.69, 9.17) is 0 Å². The van der Waals surface area contributed by atoms with Crippen molar-refractivity contribution in [3.05, 3.63) is 0 Å². The van der Waals surface area contributed by atoms with Crippen LogP contribution < -0.4 is 10.9 Å². The van der Waals surface area contributed by atoms with Crippen LogP contribution in [0.4, 0.5) is 0 Å². The van der Waals surface area contributed by atoms with Gasteiger partial charge in [0.2, 0.25) is 0 Å². The molecule has 2 N–H and O–H groups in total. The lowest BCUT2D eigenvalue weighted by Gasteiger charge is -2.28. The van der Waals surface area contributed by atoms with Crippen LogP contribution in [0.1, 0.15) is 27.7 Å². The molecule has 12 heavy (non-hydrogen) atoms. The summed E-state index contributed by atoms with van der Waals surface area (Å²) in [4.78, 5) is 0. The van der Waals surface area contributed by atoms with E-state index < -0.39 is 11.3 Å². The van der Waals surface area contributed by atoms with Crippen LogP contribution in [-0.2, 0) is 11.3 Å². The van der Waals surface area contributed by atoms with Gasteiger partial charge in [-0.1, -0.05) is 0 Å². The number of nitrogens with zero attached hydrogens (tertiary/aromatic N) is 1. The Morgan fingerprint density at radius 2 is 1.50 bits per heavy atom. The minimum atomic E-state index is -2.28. The smallest absolute Gasteiger partial charge is 0.0508 e. The van der Waals surface area contributed by atoms with Crippen molar-refractivity contribution < 1.29 is 8.76 Å². The number of hydrogen-bond acceptors (Lipinski definition) is 4. The summed E-state index contributed by atoms with van der Waals surface area (Å²) < 4.78 is 22.1. The average molecular weight is 194 g/mol. The van der Waals surface area contributed by atoms with Gasteiger partial charge >= 0.3 is 0 Å². The van der Waals surface area contributed by atoms with E-state index in [2.05, 4.69) is 10.9 Å². The van der Waals surface area contributed by atoms with Gasteiger partial charge in [-0.3, -0.25) is 4.21 Å². The van der Waals surface area contributed by atoms with Gasteiger partial charge in [-0.2, -0.15) is 0 Å². The van der Waals surface area contributed by atoms with E-state index in [1.165, 1.54) is 0 Å². The van der Waals surface area contributed by atoms with Crippen molar-refractivity contribution in [1.82, 2.24) is 15.4 Å². The summed E-state index contributed by atoms with van der Waals surface area (Å²) in [5.74, 6) is 0. The minimum Gasteiger partial charge on any atom is -0.758 e. The van der Waals surface area contributed by atoms with Crippen LogP contribution in [0, 0.1) is 0 Å². The lowest BCUT2D eigenvalue weighted by Crippen LogP contribution is -2.53. The fourth-order valence-corrected chi connectivity index (χ4v) is 1.19. The van der Waals surface area contributed by atoms with Gasteiger partial charge in [0.25, 0.3) is 0 Å². The summed E-state index contributed by atoms with van der Waals surface area (Å²) >= 11 is -2.28. The summed E-state index contributed by atoms with van der Waals surface area (Å²) in [5.41, 5.74) is 5.44. The van der Waals surface area contributed by atoms with E-state index in [1.807, 2.05) is 27.7 Å². The molecule has 0 amide bonds. The molecule has 0 radical (unpaired) electrons. The molecule has 0 rings (SSSR count). The van der Waals surface area contributed by atoms with Crippen LogP contribution >= 0.6 is 0 Å². The highest BCUT2D eigenvalue weighted by Gasteiger charge is 2.06. The summed E-state index contributed by atoms with van der Waals surface area (Å²) in [7, 11) is 0. The molecule has 5 nitrogen and oxygen atoms in total. The van der Waals surface area contributed by atoms with Crippen molar-refractivity contribution in [3.8, 4) is 0 Å². The summed E-state index contributed by atoms with van der Waals surface area (Å²) in [6, 6.07) is 0.156. The monoisotopic (exact) mass is 194 g/mol. The predicted octanol–water partition coefficient (Wildman–Crippen LogP) is -0.0915. The van der Waals surface area contributed by atoms with Crippen LogP contribution in [0.2, 0.25) is 0 Å². The molecule has 0 spiro atoms. The number of nitrogens with one attached hydrogen (secondary N) is 2. The van der Waals surface area contributed by atoms with E-state index in [1.54, 1.807) is 0 Å². The van der Waals surface area contributed by atoms with Gasteiger partial charge in [-0.05, 0) is 27.7 Å². The average Bonchev–Trinajstić information content (AvgIpc) is 1.83. The lowest BCUT2D eigenvalue weighted by molar-refractivity contribution is 0.187. The Kier molecular flexibility index (Phi) is 5.60. The van der Waals surface area contributed by atoms with E-state index >= 15 is 0 Å². The lowest BCUT2D eigenvalue weighted by atomic mass is 10.4. The Morgan fingerprint density at radius 3 is 1.67 bits per heavy atom. The van der Waals surface area contributed by atoms with Crippen molar-refractivity contribution in [1.29, 1.82) is 0 Å². The largest absolute Gasteiger partial charge is 0.758 e. The maximum Gasteiger partial charge on any atom is 0.0508 e. The van der Waals surface area contributed by atoms with Crippen molar-refractivity contribution in [2.45, 2.75) is 39.8 Å². The highest BCUT2D eigenvalue weighted by molar-refractivity contribution is 7.76. The van der Waals surface area contributed by atoms with E-state index in [-0.39, 0.29) is 12.1 Å². The minimum absolute atomic E-state index is 0.0779. The van der Waals surface area contributed by atoms with Crippen LogP contribution in [-0.4, -0.2) is 25.4 Å². The zero-order chi connectivity index (χ0) is 9.72. The number of hydrazine groups is 2. The molecule has 0 saturated carbocycles. The van der Waals surface area contributed by atoms with Crippen LogP contribution in [0.5, 0.6) is 0 Å². The zero-order valence-electron chi connectivity index (χ0n) is 7.83. The standard InChI is InChI=1S/C6H17N3O2S/c1-5(2)7-9(12(10)11)8-6(3)4/h5-8H,1-4H3,(H,10,11)/p-1. The fraction of sp³-hybridized carbons (Fsp3) is 1.00. The molecular weight excluding hydrogens is 178 g/mol. The molecule has 0 bridgehead atoms. The quantitative estimate of drug-likeness (QED) is 0.474. The molecule has 0 saturated heterocycles. The predicted molar refractivity (Wildman–Crippen MR) is 47.3 cm³/mol. The Balaban J connectivity index is 3.96. The molecule has 74 valence electrons. The van der Waals surface area contributed by atoms with Gasteiger partial charge in [-0.15, -0.1) is 4.52 Å². The number of rotatable bonds is 5. The van der Waals surface area contributed by atoms with Crippen LogP contribution in [0.25, 0.3) is 0 Å². The second-order valence-electron chi connectivity index (χ2n) is 3.08. The SMILES string of the molecule is CC(C)NN(NC(C)C)S(=O)[O-]. The first kappa shape index (κ1) is 12.0. The van der Waals surface area contributed by atoms with Gasteiger partial charge in [0.15, 0.2) is 0 Å². The first-order chi connectivity index (χ1) is 5.43. The molecule has 0 heterocycles. The first-order valence-electron chi connectivity index (χ1n) is 3.85. The highest BCUT2D eigenvalue weighted by atomic mass is 32.2. The van der Waals surface area contributed by atoms with Gasteiger partial charge in [0.05, 0.1) is 11.3 Å². The molecular formula is C6H16N3O2S-. The third-order valence-electron chi connectivity index (χ3n) is 0.900. The molecule has 1 atom stereocenters. The number of hydrogen-bond donors (Lipinski definition) is 2. The summed E-state index contributed by atoms with van der Waals surface area (Å²) in [6.45, 7) is 7.45. The third-order valence-corrected chi connectivity index (χ3v) is 1.41. The second-order valence-corrected chi connectivity index (χ2v) is 3.88. The first-order valence-corrected chi connectivity index (χ1v) is 4.88. The van der Waals surface area contributed by atoms with E-state index in [0.29, 0.717) is 0 Å². The molecule has 0 aromatic heterocycles. The Bertz CT molecular complexity index is 142. The molecule has 0 aliphatic rings. The Hall–Kier alpha value is -0.0100. The molecule has 0 fully saturated rings. The fourth-order valence-electron chi connectivity index (χ4n) is 0.592. The third kappa shape index (κ3) is 5.62. The highest BCUT2D eigenvalue weighted by Crippen LogP contribution is 1.88. The van der Waals surface area contributed by atoms with Crippen molar-refractivity contribution in [2.24, 2.45) is 0 Å². The summed E-state index contributed by atoms with van der Waals surface area (Å²) in [5, 5.41) is 0. The van der Waals surface area contributed by atoms with E-state index in [9.17, 15) is 8.76 Å².